The molecule has 106 valence electrons. The molecule has 0 radical (unpaired) electrons. The van der Waals surface area contributed by atoms with Gasteiger partial charge >= 0.3 is 11.7 Å². The number of anilines is 1. The highest BCUT2D eigenvalue weighted by molar-refractivity contribution is 7.10. The highest BCUT2D eigenvalue weighted by Crippen LogP contribution is 2.21. The van der Waals surface area contributed by atoms with Gasteiger partial charge in [0, 0.05) is 19.0 Å². The van der Waals surface area contributed by atoms with E-state index in [1.165, 1.54) is 25.4 Å². The summed E-state index contributed by atoms with van der Waals surface area (Å²) in [4.78, 5) is 35.2. The van der Waals surface area contributed by atoms with Crippen molar-refractivity contribution < 1.29 is 9.90 Å². The predicted molar refractivity (Wildman–Crippen MR) is 73.0 cm³/mol. The van der Waals surface area contributed by atoms with E-state index in [1.54, 1.807) is 17.5 Å². The van der Waals surface area contributed by atoms with Crippen molar-refractivity contribution in [3.05, 3.63) is 43.2 Å². The number of rotatable bonds is 4. The van der Waals surface area contributed by atoms with Crippen LogP contribution >= 0.6 is 11.3 Å². The molecule has 0 bridgehead atoms. The molecule has 0 saturated carbocycles. The predicted octanol–water partition coefficient (Wildman–Crippen LogP) is -0.222. The number of carboxylic acid groups (broad SMARTS) is 1. The van der Waals surface area contributed by atoms with E-state index in [0.717, 1.165) is 9.25 Å². The standard InChI is InChI=1S/C11H12N4O4S/c1-14-9(16)8(13-15(2)11(14)19)12-7(10(17)18)6-4-3-5-20-6/h3-5,7H,1-2H3,(H,12,13)(H,17,18). The van der Waals surface area contributed by atoms with Crippen LogP contribution in [0.25, 0.3) is 0 Å². The fraction of sp³-hybridized carbons (Fsp3) is 0.273. The Morgan fingerprint density at radius 3 is 2.70 bits per heavy atom. The summed E-state index contributed by atoms with van der Waals surface area (Å²) in [5, 5.41) is 17.3. The van der Waals surface area contributed by atoms with Crippen LogP contribution in [0.5, 0.6) is 0 Å². The number of nitrogens with one attached hydrogen (secondary N) is 1. The first-order valence-corrected chi connectivity index (χ1v) is 6.47. The van der Waals surface area contributed by atoms with Crippen LogP contribution in [0.1, 0.15) is 10.9 Å². The summed E-state index contributed by atoms with van der Waals surface area (Å²) >= 11 is 1.25. The molecule has 0 aliphatic heterocycles. The zero-order valence-corrected chi connectivity index (χ0v) is 11.5. The maximum absolute atomic E-state index is 11.9. The van der Waals surface area contributed by atoms with Crippen molar-refractivity contribution in [3.63, 3.8) is 0 Å². The summed E-state index contributed by atoms with van der Waals surface area (Å²) in [6.07, 6.45) is 0. The third kappa shape index (κ3) is 2.48. The molecule has 0 aliphatic rings. The van der Waals surface area contributed by atoms with Crippen molar-refractivity contribution in [2.24, 2.45) is 14.1 Å². The van der Waals surface area contributed by atoms with Gasteiger partial charge in [0.2, 0.25) is 5.82 Å². The molecule has 1 atom stereocenters. The van der Waals surface area contributed by atoms with E-state index in [1.807, 2.05) is 0 Å². The van der Waals surface area contributed by atoms with Gasteiger partial charge in [0.05, 0.1) is 0 Å². The molecule has 2 aromatic heterocycles. The van der Waals surface area contributed by atoms with Gasteiger partial charge in [0.25, 0.3) is 5.56 Å². The van der Waals surface area contributed by atoms with E-state index < -0.39 is 23.3 Å². The average Bonchev–Trinajstić information content (AvgIpc) is 2.92. The van der Waals surface area contributed by atoms with Crippen LogP contribution in [0.15, 0.2) is 27.1 Å². The third-order valence-electron chi connectivity index (χ3n) is 2.68. The Kier molecular flexibility index (Phi) is 3.70. The Bertz CT molecular complexity index is 747. The second-order valence-electron chi connectivity index (χ2n) is 4.05. The molecule has 1 unspecified atom stereocenters. The topological polar surface area (TPSA) is 106 Å². The van der Waals surface area contributed by atoms with E-state index in [2.05, 4.69) is 10.4 Å². The van der Waals surface area contributed by atoms with Crippen LogP contribution in [-0.2, 0) is 18.9 Å². The Morgan fingerprint density at radius 1 is 1.45 bits per heavy atom. The number of hydrogen-bond acceptors (Lipinski definition) is 6. The van der Waals surface area contributed by atoms with Gasteiger partial charge in [-0.2, -0.15) is 0 Å². The van der Waals surface area contributed by atoms with Gasteiger partial charge in [-0.1, -0.05) is 6.07 Å². The zero-order chi connectivity index (χ0) is 14.9. The number of aryl methyl sites for hydroxylation is 1. The van der Waals surface area contributed by atoms with Crippen LogP contribution in [0.2, 0.25) is 0 Å². The lowest BCUT2D eigenvalue weighted by molar-refractivity contribution is -0.138. The lowest BCUT2D eigenvalue weighted by Gasteiger charge is -2.14. The number of hydrogen-bond donors (Lipinski definition) is 2. The first-order chi connectivity index (χ1) is 9.41. The Balaban J connectivity index is 2.45. The monoisotopic (exact) mass is 296 g/mol. The molecule has 0 amide bonds. The second-order valence-corrected chi connectivity index (χ2v) is 5.03. The van der Waals surface area contributed by atoms with Crippen molar-refractivity contribution >= 4 is 23.1 Å². The summed E-state index contributed by atoms with van der Waals surface area (Å²) in [5.41, 5.74) is -1.25. The van der Waals surface area contributed by atoms with E-state index in [9.17, 15) is 19.5 Å². The normalized spacial score (nSPS) is 12.1. The first kappa shape index (κ1) is 14.0. The fourth-order valence-corrected chi connectivity index (χ4v) is 2.40. The molecule has 0 spiro atoms. The summed E-state index contributed by atoms with van der Waals surface area (Å²) < 4.78 is 1.83. The van der Waals surface area contributed by atoms with Crippen LogP contribution in [0, 0.1) is 0 Å². The number of aliphatic carboxylic acids is 1. The lowest BCUT2D eigenvalue weighted by Crippen LogP contribution is -2.40. The molecule has 2 aromatic rings. The van der Waals surface area contributed by atoms with Gasteiger partial charge in [-0.3, -0.25) is 9.36 Å². The Labute approximate surface area is 116 Å². The molecular formula is C11H12N4O4S. The molecule has 8 nitrogen and oxygen atoms in total. The molecule has 20 heavy (non-hydrogen) atoms. The molecule has 2 N–H and O–H groups in total. The molecule has 2 rings (SSSR count). The first-order valence-electron chi connectivity index (χ1n) is 5.59. The smallest absolute Gasteiger partial charge is 0.346 e. The van der Waals surface area contributed by atoms with Gasteiger partial charge < -0.3 is 10.4 Å². The van der Waals surface area contributed by atoms with Gasteiger partial charge in [0.15, 0.2) is 6.04 Å². The molecule has 0 fully saturated rings. The van der Waals surface area contributed by atoms with Crippen molar-refractivity contribution in [3.8, 4) is 0 Å². The Hall–Kier alpha value is -2.42. The highest BCUT2D eigenvalue weighted by Gasteiger charge is 2.23. The van der Waals surface area contributed by atoms with E-state index >= 15 is 0 Å². The maximum atomic E-state index is 11.9. The van der Waals surface area contributed by atoms with Crippen LogP contribution in [-0.4, -0.2) is 25.4 Å². The average molecular weight is 296 g/mol. The molecule has 0 aromatic carbocycles. The van der Waals surface area contributed by atoms with Crippen molar-refractivity contribution in [2.75, 3.05) is 5.32 Å². The van der Waals surface area contributed by atoms with E-state index in [-0.39, 0.29) is 5.82 Å². The van der Waals surface area contributed by atoms with Crippen LogP contribution in [0.4, 0.5) is 5.82 Å². The minimum Gasteiger partial charge on any atom is -0.479 e. The SMILES string of the molecule is Cn1nc(NC(C(=O)O)c2cccs2)c(=O)n(C)c1=O. The molecular weight excluding hydrogens is 284 g/mol. The third-order valence-corrected chi connectivity index (χ3v) is 3.61. The summed E-state index contributed by atoms with van der Waals surface area (Å²) in [6, 6.07) is 2.26. The molecule has 9 heteroatoms. The summed E-state index contributed by atoms with van der Waals surface area (Å²) in [5.74, 6) is -1.32. The molecule has 0 aliphatic carbocycles. The van der Waals surface area contributed by atoms with Crippen LogP contribution in [0.3, 0.4) is 0 Å². The minimum absolute atomic E-state index is 0.185. The molecule has 2 heterocycles. The number of carboxylic acids is 1. The van der Waals surface area contributed by atoms with E-state index in [4.69, 9.17) is 0 Å². The number of aromatic nitrogens is 3. The zero-order valence-electron chi connectivity index (χ0n) is 10.7. The highest BCUT2D eigenvalue weighted by atomic mass is 32.1. The van der Waals surface area contributed by atoms with Gasteiger partial charge in [-0.25, -0.2) is 14.3 Å². The minimum atomic E-state index is -1.13. The lowest BCUT2D eigenvalue weighted by atomic mass is 10.2. The number of carbonyl (C=O) groups is 1. The quantitative estimate of drug-likeness (QED) is 0.808. The van der Waals surface area contributed by atoms with Crippen LogP contribution < -0.4 is 16.6 Å². The number of thiophene rings is 1. The van der Waals surface area contributed by atoms with E-state index in [0.29, 0.717) is 4.88 Å². The van der Waals surface area contributed by atoms with Crippen molar-refractivity contribution in [2.45, 2.75) is 6.04 Å². The largest absolute Gasteiger partial charge is 0.479 e. The Morgan fingerprint density at radius 2 is 2.15 bits per heavy atom. The molecule has 0 saturated heterocycles. The van der Waals surface area contributed by atoms with Gasteiger partial charge in [0.1, 0.15) is 0 Å². The maximum Gasteiger partial charge on any atom is 0.346 e. The fourth-order valence-electron chi connectivity index (χ4n) is 1.64. The van der Waals surface area contributed by atoms with Crippen molar-refractivity contribution in [1.82, 2.24) is 14.3 Å². The van der Waals surface area contributed by atoms with Gasteiger partial charge in [-0.05, 0) is 11.4 Å². The number of nitrogens with zero attached hydrogens (tertiary/aromatic N) is 3. The summed E-state index contributed by atoms with van der Waals surface area (Å²) in [6.45, 7) is 0. The van der Waals surface area contributed by atoms with Gasteiger partial charge in [-0.15, -0.1) is 16.4 Å². The van der Waals surface area contributed by atoms with Crippen molar-refractivity contribution in [1.29, 1.82) is 0 Å². The second kappa shape index (κ2) is 5.29. The summed E-state index contributed by atoms with van der Waals surface area (Å²) in [7, 11) is 2.69.